The van der Waals surface area contributed by atoms with Crippen LogP contribution >= 0.6 is 0 Å². The molecule has 0 amide bonds. The predicted octanol–water partition coefficient (Wildman–Crippen LogP) is 5.05. The highest BCUT2D eigenvalue weighted by Gasteiger charge is 2.30. The molecule has 1 aliphatic carbocycles. The van der Waals surface area contributed by atoms with Crippen LogP contribution in [0.15, 0.2) is 18.2 Å². The molecule has 0 saturated heterocycles. The molecule has 4 heteroatoms. The largest absolute Gasteiger partial charge is 0.504 e. The first kappa shape index (κ1) is 23.0. The molecule has 0 bridgehead atoms. The summed E-state index contributed by atoms with van der Waals surface area (Å²) in [6.45, 7) is 7.35. The van der Waals surface area contributed by atoms with Gasteiger partial charge < -0.3 is 20.7 Å². The summed E-state index contributed by atoms with van der Waals surface area (Å²) in [6, 6.07) is 5.63. The minimum atomic E-state index is -0.513. The molecule has 4 nitrogen and oxygen atoms in total. The van der Waals surface area contributed by atoms with E-state index in [-0.39, 0.29) is 12.4 Å². The van der Waals surface area contributed by atoms with Crippen molar-refractivity contribution in [3.8, 4) is 11.5 Å². The number of nitrogens with two attached hydrogens (primary N) is 1. The fraction of sp³-hybridized carbons (Fsp3) is 0.750. The Morgan fingerprint density at radius 1 is 1.21 bits per heavy atom. The molecule has 1 saturated carbocycles. The van der Waals surface area contributed by atoms with Crippen molar-refractivity contribution in [1.82, 2.24) is 0 Å². The molecule has 0 aromatic heterocycles. The smallest absolute Gasteiger partial charge is 0.160 e. The van der Waals surface area contributed by atoms with Gasteiger partial charge in [-0.05, 0) is 61.1 Å². The fourth-order valence-electron chi connectivity index (χ4n) is 3.94. The first-order chi connectivity index (χ1) is 13.3. The quantitative estimate of drug-likeness (QED) is 0.440. The zero-order chi connectivity index (χ0) is 20.6. The summed E-state index contributed by atoms with van der Waals surface area (Å²) in [4.78, 5) is 0. The molecule has 160 valence electrons. The van der Waals surface area contributed by atoms with Crippen molar-refractivity contribution >= 4 is 0 Å². The van der Waals surface area contributed by atoms with Gasteiger partial charge in [0.15, 0.2) is 11.5 Å². The Morgan fingerprint density at radius 3 is 2.54 bits per heavy atom. The minimum absolute atomic E-state index is 0.0192. The number of aryl methyl sites for hydroxylation is 1. The average molecular weight is 392 g/mol. The van der Waals surface area contributed by atoms with Gasteiger partial charge >= 0.3 is 0 Å². The Kier molecular flexibility index (Phi) is 9.10. The molecule has 4 N–H and O–H groups in total. The topological polar surface area (TPSA) is 75.7 Å². The Hall–Kier alpha value is -1.26. The van der Waals surface area contributed by atoms with Gasteiger partial charge in [0.25, 0.3) is 0 Å². The predicted molar refractivity (Wildman–Crippen MR) is 116 cm³/mol. The number of phenolic OH excluding ortho intramolecular Hbond substituents is 1. The lowest BCUT2D eigenvalue weighted by molar-refractivity contribution is 0.135. The number of aliphatic hydroxyl groups is 1. The third-order valence-electron chi connectivity index (χ3n) is 6.17. The zero-order valence-corrected chi connectivity index (χ0v) is 18.1. The highest BCUT2D eigenvalue weighted by atomic mass is 16.5. The Balaban J connectivity index is 1.79. The molecule has 1 aromatic carbocycles. The Morgan fingerprint density at radius 2 is 1.96 bits per heavy atom. The van der Waals surface area contributed by atoms with Crippen LogP contribution < -0.4 is 10.5 Å². The van der Waals surface area contributed by atoms with Crippen LogP contribution in [0, 0.1) is 17.8 Å². The van der Waals surface area contributed by atoms with Crippen molar-refractivity contribution in [2.45, 2.75) is 84.1 Å². The van der Waals surface area contributed by atoms with E-state index in [0.29, 0.717) is 24.2 Å². The first-order valence-electron chi connectivity index (χ1n) is 11.2. The van der Waals surface area contributed by atoms with Crippen molar-refractivity contribution in [2.24, 2.45) is 23.5 Å². The molecule has 1 fully saturated rings. The number of ether oxygens (including phenoxy) is 1. The highest BCUT2D eigenvalue weighted by molar-refractivity contribution is 5.41. The minimum Gasteiger partial charge on any atom is -0.504 e. The zero-order valence-electron chi connectivity index (χ0n) is 18.1. The SMILES string of the molecule is CC(C)CCCC(C)COc1ccc(CC[C@@](N)(CO)CC2CCC2)cc1O. The lowest BCUT2D eigenvalue weighted by Crippen LogP contribution is -2.46. The molecular weight excluding hydrogens is 350 g/mol. The molecule has 0 heterocycles. The second-order valence-electron chi connectivity index (χ2n) is 9.56. The van der Waals surface area contributed by atoms with E-state index in [1.54, 1.807) is 6.07 Å². The van der Waals surface area contributed by atoms with Gasteiger partial charge in [0.05, 0.1) is 13.2 Å². The van der Waals surface area contributed by atoms with E-state index in [2.05, 4.69) is 20.8 Å². The molecule has 1 aromatic rings. The first-order valence-corrected chi connectivity index (χ1v) is 11.2. The van der Waals surface area contributed by atoms with Gasteiger partial charge in [0.1, 0.15) is 0 Å². The van der Waals surface area contributed by atoms with Crippen molar-refractivity contribution in [3.05, 3.63) is 23.8 Å². The van der Waals surface area contributed by atoms with Gasteiger partial charge in [-0.1, -0.05) is 58.9 Å². The maximum Gasteiger partial charge on any atom is 0.160 e. The fourth-order valence-corrected chi connectivity index (χ4v) is 3.94. The van der Waals surface area contributed by atoms with E-state index in [9.17, 15) is 10.2 Å². The molecule has 1 aliphatic rings. The standard InChI is InChI=1S/C24H41NO3/c1-18(2)6-4-7-19(3)16-28-23-11-10-20(14-22(23)27)12-13-24(25,17-26)15-21-8-5-9-21/h10-11,14,18-19,21,26-27H,4-9,12-13,15-17,25H2,1-3H3/t19?,24-/m0/s1. The van der Waals surface area contributed by atoms with Crippen LogP contribution in [0.4, 0.5) is 0 Å². The normalized spacial score (nSPS) is 17.9. The van der Waals surface area contributed by atoms with E-state index in [1.807, 2.05) is 12.1 Å². The van der Waals surface area contributed by atoms with Crippen LogP contribution in [-0.2, 0) is 6.42 Å². The third-order valence-corrected chi connectivity index (χ3v) is 6.17. The van der Waals surface area contributed by atoms with Crippen LogP contribution in [-0.4, -0.2) is 29.0 Å². The molecule has 0 aliphatic heterocycles. The lowest BCUT2D eigenvalue weighted by atomic mass is 9.75. The summed E-state index contributed by atoms with van der Waals surface area (Å²) in [6.07, 6.45) is 9.77. The van der Waals surface area contributed by atoms with E-state index < -0.39 is 5.54 Å². The highest BCUT2D eigenvalue weighted by Crippen LogP contribution is 2.35. The second kappa shape index (κ2) is 11.1. The molecule has 2 atom stereocenters. The van der Waals surface area contributed by atoms with Crippen molar-refractivity contribution < 1.29 is 14.9 Å². The van der Waals surface area contributed by atoms with Crippen molar-refractivity contribution in [3.63, 3.8) is 0 Å². The van der Waals surface area contributed by atoms with Crippen LogP contribution in [0.5, 0.6) is 11.5 Å². The van der Waals surface area contributed by atoms with E-state index in [4.69, 9.17) is 10.5 Å². The number of rotatable bonds is 13. The van der Waals surface area contributed by atoms with Gasteiger partial charge in [-0.15, -0.1) is 0 Å². The third kappa shape index (κ3) is 7.63. The number of phenols is 1. The number of benzene rings is 1. The summed E-state index contributed by atoms with van der Waals surface area (Å²) < 4.78 is 5.84. The van der Waals surface area contributed by atoms with Crippen LogP contribution in [0.25, 0.3) is 0 Å². The number of aliphatic hydroxyl groups excluding tert-OH is 1. The molecule has 28 heavy (non-hydrogen) atoms. The molecular formula is C24H41NO3. The summed E-state index contributed by atoms with van der Waals surface area (Å²) in [7, 11) is 0. The van der Waals surface area contributed by atoms with Gasteiger partial charge in [0.2, 0.25) is 0 Å². The van der Waals surface area contributed by atoms with Gasteiger partial charge in [-0.3, -0.25) is 0 Å². The molecule has 1 unspecified atom stereocenters. The molecule has 0 radical (unpaired) electrons. The maximum absolute atomic E-state index is 10.3. The van der Waals surface area contributed by atoms with Crippen molar-refractivity contribution in [2.75, 3.05) is 13.2 Å². The summed E-state index contributed by atoms with van der Waals surface area (Å²) in [5, 5.41) is 20.1. The molecule has 0 spiro atoms. The van der Waals surface area contributed by atoms with Crippen LogP contribution in [0.3, 0.4) is 0 Å². The van der Waals surface area contributed by atoms with Gasteiger partial charge in [-0.25, -0.2) is 0 Å². The molecule has 2 rings (SSSR count). The van der Waals surface area contributed by atoms with Gasteiger partial charge in [-0.2, -0.15) is 0 Å². The van der Waals surface area contributed by atoms with E-state index in [1.165, 1.54) is 32.1 Å². The van der Waals surface area contributed by atoms with Gasteiger partial charge in [0, 0.05) is 5.54 Å². The second-order valence-corrected chi connectivity index (χ2v) is 9.56. The van der Waals surface area contributed by atoms with E-state index in [0.717, 1.165) is 37.2 Å². The van der Waals surface area contributed by atoms with Crippen LogP contribution in [0.1, 0.15) is 77.7 Å². The summed E-state index contributed by atoms with van der Waals surface area (Å²) in [5.74, 6) is 2.64. The van der Waals surface area contributed by atoms with E-state index >= 15 is 0 Å². The number of hydrogen-bond acceptors (Lipinski definition) is 4. The average Bonchev–Trinajstić information content (AvgIpc) is 2.62. The number of hydrogen-bond donors (Lipinski definition) is 3. The Bertz CT molecular complexity index is 585. The summed E-state index contributed by atoms with van der Waals surface area (Å²) >= 11 is 0. The van der Waals surface area contributed by atoms with Crippen molar-refractivity contribution in [1.29, 1.82) is 0 Å². The lowest BCUT2D eigenvalue weighted by Gasteiger charge is -2.35. The van der Waals surface area contributed by atoms with Crippen LogP contribution in [0.2, 0.25) is 0 Å². The summed E-state index contributed by atoms with van der Waals surface area (Å²) in [5.41, 5.74) is 6.95. The maximum atomic E-state index is 10.3. The Labute approximate surface area is 171 Å². The number of aromatic hydroxyl groups is 1. The monoisotopic (exact) mass is 391 g/mol.